The van der Waals surface area contributed by atoms with Crippen molar-refractivity contribution in [3.8, 4) is 11.1 Å². The minimum Gasteiger partial charge on any atom is -0.399 e. The zero-order valence-corrected chi connectivity index (χ0v) is 21.4. The highest BCUT2D eigenvalue weighted by Gasteiger charge is 2.51. The molecule has 0 atom stereocenters. The van der Waals surface area contributed by atoms with Crippen molar-refractivity contribution in [1.29, 1.82) is 0 Å². The lowest BCUT2D eigenvalue weighted by atomic mass is 9.77. The maximum absolute atomic E-state index is 6.37. The third-order valence-corrected chi connectivity index (χ3v) is 8.17. The van der Waals surface area contributed by atoms with Crippen LogP contribution in [-0.4, -0.2) is 18.3 Å². The van der Waals surface area contributed by atoms with Crippen LogP contribution in [0.5, 0.6) is 0 Å². The second kappa shape index (κ2) is 7.68. The average molecular weight is 458 g/mol. The van der Waals surface area contributed by atoms with Gasteiger partial charge in [0.1, 0.15) is 0 Å². The van der Waals surface area contributed by atoms with E-state index in [1.165, 1.54) is 54.6 Å². The second-order valence-corrected chi connectivity index (χ2v) is 11.0. The third-order valence-electron chi connectivity index (χ3n) is 8.17. The van der Waals surface area contributed by atoms with E-state index in [4.69, 9.17) is 9.31 Å². The average Bonchev–Trinajstić information content (AvgIpc) is 3.06. The van der Waals surface area contributed by atoms with Gasteiger partial charge < -0.3 is 9.31 Å². The predicted octanol–water partition coefficient (Wildman–Crippen LogP) is 7.73. The highest BCUT2D eigenvalue weighted by molar-refractivity contribution is 6.62. The Morgan fingerprint density at radius 2 is 1.06 bits per heavy atom. The van der Waals surface area contributed by atoms with Crippen LogP contribution in [0.2, 0.25) is 0 Å². The Bertz CT molecular complexity index is 1610. The van der Waals surface area contributed by atoms with Crippen molar-refractivity contribution >= 4 is 44.9 Å². The molecule has 1 heterocycles. The number of hydrogen-bond acceptors (Lipinski definition) is 2. The number of aryl methyl sites for hydroxylation is 2. The lowest BCUT2D eigenvalue weighted by Gasteiger charge is -2.32. The Balaban J connectivity index is 1.61. The molecule has 1 fully saturated rings. The first-order chi connectivity index (χ1) is 16.7. The normalized spacial score (nSPS) is 17.0. The molecule has 0 aromatic heterocycles. The molecule has 1 aliphatic rings. The molecule has 174 valence electrons. The van der Waals surface area contributed by atoms with Gasteiger partial charge >= 0.3 is 7.12 Å². The van der Waals surface area contributed by atoms with E-state index >= 15 is 0 Å². The summed E-state index contributed by atoms with van der Waals surface area (Å²) in [5.74, 6) is 0. The molecule has 2 nitrogen and oxygen atoms in total. The summed E-state index contributed by atoms with van der Waals surface area (Å²) in [6, 6.07) is 28.8. The van der Waals surface area contributed by atoms with Crippen molar-refractivity contribution in [2.45, 2.75) is 52.7 Å². The highest BCUT2D eigenvalue weighted by atomic mass is 16.7. The number of fused-ring (bicyclic) bond motifs is 6. The lowest BCUT2D eigenvalue weighted by Crippen LogP contribution is -2.41. The summed E-state index contributed by atoms with van der Waals surface area (Å²) >= 11 is 0. The number of hydrogen-bond donors (Lipinski definition) is 0. The summed E-state index contributed by atoms with van der Waals surface area (Å²) in [7, 11) is -0.371. The first-order valence-corrected chi connectivity index (χ1v) is 12.5. The zero-order valence-electron chi connectivity index (χ0n) is 21.4. The summed E-state index contributed by atoms with van der Waals surface area (Å²) < 4.78 is 12.7. The Labute approximate surface area is 208 Å². The molecule has 5 aromatic rings. The summed E-state index contributed by atoms with van der Waals surface area (Å²) in [5.41, 5.74) is 5.53. The van der Waals surface area contributed by atoms with Gasteiger partial charge in [0.05, 0.1) is 11.2 Å². The summed E-state index contributed by atoms with van der Waals surface area (Å²) in [5, 5.41) is 7.61. The molecule has 0 amide bonds. The van der Waals surface area contributed by atoms with Gasteiger partial charge in [-0.15, -0.1) is 0 Å². The SMILES string of the molecule is Cc1ccccc1-c1cc2c3ccccc3c3cc(B4OC(C)(C)C(C)(C)O4)ccc3c2cc1C. The van der Waals surface area contributed by atoms with Gasteiger partial charge in [-0.05, 0) is 108 Å². The van der Waals surface area contributed by atoms with Crippen molar-refractivity contribution in [1.82, 2.24) is 0 Å². The van der Waals surface area contributed by atoms with Gasteiger partial charge in [0.25, 0.3) is 0 Å². The monoisotopic (exact) mass is 458 g/mol. The summed E-state index contributed by atoms with van der Waals surface area (Å²) in [6.07, 6.45) is 0. The van der Waals surface area contributed by atoms with Crippen LogP contribution in [0.25, 0.3) is 43.4 Å². The molecule has 0 aliphatic carbocycles. The molecule has 0 N–H and O–H groups in total. The van der Waals surface area contributed by atoms with Gasteiger partial charge in [0.15, 0.2) is 0 Å². The zero-order chi connectivity index (χ0) is 24.5. The van der Waals surface area contributed by atoms with E-state index in [0.717, 1.165) is 5.46 Å². The van der Waals surface area contributed by atoms with Crippen molar-refractivity contribution in [2.75, 3.05) is 0 Å². The third kappa shape index (κ3) is 3.41. The van der Waals surface area contributed by atoms with E-state index in [1.807, 2.05) is 0 Å². The van der Waals surface area contributed by atoms with Crippen LogP contribution in [0.3, 0.4) is 0 Å². The van der Waals surface area contributed by atoms with Crippen LogP contribution >= 0.6 is 0 Å². The van der Waals surface area contributed by atoms with E-state index in [2.05, 4.69) is 120 Å². The van der Waals surface area contributed by atoms with Gasteiger partial charge in [-0.25, -0.2) is 0 Å². The fourth-order valence-electron chi connectivity index (χ4n) is 5.42. The molecule has 1 aliphatic heterocycles. The first-order valence-electron chi connectivity index (χ1n) is 12.5. The van der Waals surface area contributed by atoms with Crippen molar-refractivity contribution < 1.29 is 9.31 Å². The second-order valence-electron chi connectivity index (χ2n) is 11.0. The molecule has 5 aromatic carbocycles. The van der Waals surface area contributed by atoms with Crippen LogP contribution in [0.15, 0.2) is 78.9 Å². The van der Waals surface area contributed by atoms with E-state index in [0.29, 0.717) is 0 Å². The fraction of sp³-hybridized carbons (Fsp3) is 0.250. The van der Waals surface area contributed by atoms with Gasteiger partial charge in [0, 0.05) is 0 Å². The highest BCUT2D eigenvalue weighted by Crippen LogP contribution is 2.40. The number of benzene rings is 5. The molecule has 0 spiro atoms. The molecule has 1 saturated heterocycles. The van der Waals surface area contributed by atoms with Crippen LogP contribution in [-0.2, 0) is 9.31 Å². The minimum atomic E-state index is -0.371. The molecule has 3 heteroatoms. The van der Waals surface area contributed by atoms with Gasteiger partial charge in [0.2, 0.25) is 0 Å². The van der Waals surface area contributed by atoms with Gasteiger partial charge in [-0.2, -0.15) is 0 Å². The fourth-order valence-corrected chi connectivity index (χ4v) is 5.42. The standard InChI is InChI=1S/C32H31BO2/c1-20-11-7-8-12-23(20)27-19-30-25-14-10-9-13-24(25)29-18-22(15-16-26(29)28(30)17-21(27)2)33-34-31(3,4)32(5,6)35-33/h7-19H,1-6H3. The molecule has 0 saturated carbocycles. The van der Waals surface area contributed by atoms with Crippen LogP contribution in [0.4, 0.5) is 0 Å². The predicted molar refractivity (Wildman–Crippen MR) is 150 cm³/mol. The van der Waals surface area contributed by atoms with Gasteiger partial charge in [-0.3, -0.25) is 0 Å². The van der Waals surface area contributed by atoms with Crippen LogP contribution < -0.4 is 5.46 Å². The molecule has 35 heavy (non-hydrogen) atoms. The largest absolute Gasteiger partial charge is 0.494 e. The quantitative estimate of drug-likeness (QED) is 0.199. The Hall–Kier alpha value is -3.14. The Morgan fingerprint density at radius 3 is 1.71 bits per heavy atom. The van der Waals surface area contributed by atoms with Crippen molar-refractivity contribution in [3.05, 3.63) is 90.0 Å². The van der Waals surface area contributed by atoms with E-state index in [9.17, 15) is 0 Å². The molecule has 0 radical (unpaired) electrons. The first kappa shape index (κ1) is 22.3. The lowest BCUT2D eigenvalue weighted by molar-refractivity contribution is 0.00578. The van der Waals surface area contributed by atoms with E-state index < -0.39 is 0 Å². The molecule has 6 rings (SSSR count). The maximum Gasteiger partial charge on any atom is 0.494 e. The van der Waals surface area contributed by atoms with Crippen molar-refractivity contribution in [2.24, 2.45) is 0 Å². The van der Waals surface area contributed by atoms with Crippen LogP contribution in [0, 0.1) is 13.8 Å². The molecular formula is C32H31BO2. The Morgan fingerprint density at radius 1 is 0.514 bits per heavy atom. The summed E-state index contributed by atoms with van der Waals surface area (Å²) in [6.45, 7) is 12.8. The van der Waals surface area contributed by atoms with E-state index in [-0.39, 0.29) is 18.3 Å². The number of rotatable bonds is 2. The van der Waals surface area contributed by atoms with Crippen molar-refractivity contribution in [3.63, 3.8) is 0 Å². The summed E-state index contributed by atoms with van der Waals surface area (Å²) in [4.78, 5) is 0. The molecule has 0 unspecified atom stereocenters. The topological polar surface area (TPSA) is 18.5 Å². The van der Waals surface area contributed by atoms with Crippen LogP contribution in [0.1, 0.15) is 38.8 Å². The smallest absolute Gasteiger partial charge is 0.399 e. The Kier molecular flexibility index (Phi) is 4.90. The molecular weight excluding hydrogens is 427 g/mol. The minimum absolute atomic E-state index is 0.360. The van der Waals surface area contributed by atoms with E-state index in [1.54, 1.807) is 0 Å². The van der Waals surface area contributed by atoms with Gasteiger partial charge in [-0.1, -0.05) is 72.8 Å². The maximum atomic E-state index is 6.37. The molecule has 0 bridgehead atoms.